The lowest BCUT2D eigenvalue weighted by molar-refractivity contribution is 0.0981. The number of benzene rings is 3. The first-order chi connectivity index (χ1) is 14.7. The number of rotatable bonds is 5. The quantitative estimate of drug-likeness (QED) is 0.450. The fraction of sp³-hybridized carbons (Fsp3) is 0.0909. The lowest BCUT2D eigenvalue weighted by Gasteiger charge is -2.10. The number of aryl methyl sites for hydroxylation is 1. The molecule has 0 fully saturated rings. The number of imidazole rings is 1. The Labute approximate surface area is 189 Å². The molecule has 1 aromatic heterocycles. The smallest absolute Gasteiger partial charge is 0.265 e. The van der Waals surface area contributed by atoms with Crippen molar-refractivity contribution in [2.24, 2.45) is 0 Å². The molecule has 0 bridgehead atoms. The van der Waals surface area contributed by atoms with Gasteiger partial charge >= 0.3 is 0 Å². The molecule has 0 aliphatic carbocycles. The van der Waals surface area contributed by atoms with Crippen molar-refractivity contribution in [3.05, 3.63) is 93.7 Å². The molecule has 0 aliphatic rings. The molecule has 0 radical (unpaired) electrons. The molecular weight excluding hydrogens is 457 g/mol. The number of carbonyl (C=O) groups excluding carboxylic acids is 1. The third-order valence-corrected chi connectivity index (χ3v) is 6.81. The van der Waals surface area contributed by atoms with Gasteiger partial charge in [0.25, 0.3) is 15.9 Å². The number of carbonyl (C=O) groups is 1. The van der Waals surface area contributed by atoms with Crippen molar-refractivity contribution in [1.29, 1.82) is 0 Å². The van der Waals surface area contributed by atoms with E-state index in [1.807, 2.05) is 35.8 Å². The van der Waals surface area contributed by atoms with Gasteiger partial charge in [-0.3, -0.25) is 4.79 Å². The predicted molar refractivity (Wildman–Crippen MR) is 121 cm³/mol. The second kappa shape index (κ2) is 8.34. The van der Waals surface area contributed by atoms with Crippen molar-refractivity contribution < 1.29 is 13.2 Å². The Balaban J connectivity index is 1.66. The van der Waals surface area contributed by atoms with Crippen LogP contribution in [0.4, 0.5) is 0 Å². The van der Waals surface area contributed by atoms with Gasteiger partial charge in [0.05, 0.1) is 22.5 Å². The van der Waals surface area contributed by atoms with Gasteiger partial charge < -0.3 is 4.57 Å². The number of fused-ring (bicyclic) bond motifs is 1. The van der Waals surface area contributed by atoms with E-state index in [4.69, 9.17) is 23.2 Å². The molecule has 4 aromatic rings. The van der Waals surface area contributed by atoms with Crippen LogP contribution in [0.25, 0.3) is 11.0 Å². The van der Waals surface area contributed by atoms with Gasteiger partial charge in [-0.15, -0.1) is 0 Å². The van der Waals surface area contributed by atoms with Gasteiger partial charge in [-0.2, -0.15) is 0 Å². The van der Waals surface area contributed by atoms with Crippen LogP contribution in [-0.4, -0.2) is 23.9 Å². The second-order valence-corrected chi connectivity index (χ2v) is 9.45. The van der Waals surface area contributed by atoms with Gasteiger partial charge in [0.1, 0.15) is 5.82 Å². The highest BCUT2D eigenvalue weighted by Crippen LogP contribution is 2.23. The molecule has 31 heavy (non-hydrogen) atoms. The lowest BCUT2D eigenvalue weighted by atomic mass is 10.2. The molecule has 158 valence electrons. The number of nitrogens with one attached hydrogen (secondary N) is 1. The molecule has 0 saturated heterocycles. The first-order valence-electron chi connectivity index (χ1n) is 9.27. The fourth-order valence-electron chi connectivity index (χ4n) is 3.23. The summed E-state index contributed by atoms with van der Waals surface area (Å²) < 4.78 is 29.1. The van der Waals surface area contributed by atoms with E-state index in [0.29, 0.717) is 27.6 Å². The molecule has 0 saturated carbocycles. The van der Waals surface area contributed by atoms with Crippen LogP contribution in [0.5, 0.6) is 0 Å². The minimum Gasteiger partial charge on any atom is -0.324 e. The fourth-order valence-corrected chi connectivity index (χ4v) is 4.53. The average Bonchev–Trinajstić information content (AvgIpc) is 3.04. The van der Waals surface area contributed by atoms with E-state index in [1.54, 1.807) is 18.2 Å². The van der Waals surface area contributed by atoms with Gasteiger partial charge in [-0.25, -0.2) is 18.1 Å². The Morgan fingerprint density at radius 1 is 1.03 bits per heavy atom. The molecule has 1 N–H and O–H groups in total. The van der Waals surface area contributed by atoms with E-state index in [2.05, 4.69) is 9.71 Å². The zero-order valence-corrected chi connectivity index (χ0v) is 18.7. The second-order valence-electron chi connectivity index (χ2n) is 6.93. The van der Waals surface area contributed by atoms with Crippen LogP contribution in [0.15, 0.2) is 71.6 Å². The molecule has 0 spiro atoms. The van der Waals surface area contributed by atoms with E-state index in [-0.39, 0.29) is 10.5 Å². The third-order valence-electron chi connectivity index (χ3n) is 4.84. The van der Waals surface area contributed by atoms with Crippen LogP contribution in [0.3, 0.4) is 0 Å². The molecule has 3 aromatic carbocycles. The van der Waals surface area contributed by atoms with Crippen LogP contribution in [0.1, 0.15) is 21.7 Å². The van der Waals surface area contributed by atoms with E-state index >= 15 is 0 Å². The van der Waals surface area contributed by atoms with Crippen molar-refractivity contribution in [2.45, 2.75) is 18.4 Å². The van der Waals surface area contributed by atoms with Crippen molar-refractivity contribution in [3.63, 3.8) is 0 Å². The van der Waals surface area contributed by atoms with Crippen molar-refractivity contribution in [1.82, 2.24) is 14.3 Å². The summed E-state index contributed by atoms with van der Waals surface area (Å²) in [6.45, 7) is 2.33. The normalized spacial score (nSPS) is 11.6. The number of hydrogen-bond donors (Lipinski definition) is 1. The third kappa shape index (κ3) is 4.44. The number of halogens is 2. The summed E-state index contributed by atoms with van der Waals surface area (Å²) in [6, 6.07) is 17.9. The molecule has 6 nitrogen and oxygen atoms in total. The van der Waals surface area contributed by atoms with Gasteiger partial charge in [-0.05, 0) is 61.0 Å². The first-order valence-corrected chi connectivity index (χ1v) is 11.5. The molecule has 0 aliphatic heterocycles. The number of hydrogen-bond acceptors (Lipinski definition) is 4. The van der Waals surface area contributed by atoms with Gasteiger partial charge in [-0.1, -0.05) is 41.4 Å². The van der Waals surface area contributed by atoms with Gasteiger partial charge in [0, 0.05) is 15.6 Å². The zero-order chi connectivity index (χ0) is 22.2. The van der Waals surface area contributed by atoms with Gasteiger partial charge in [0.15, 0.2) is 0 Å². The topological polar surface area (TPSA) is 81.1 Å². The summed E-state index contributed by atoms with van der Waals surface area (Å²) in [4.78, 5) is 17.2. The standard InChI is InChI=1S/C22H17Cl2N3O3S/c1-14-25-20-11-6-15(12-21(20)27(14)13-16-4-2-3-5-19(16)24)22(28)26-31(29,30)18-9-7-17(23)8-10-18/h2-12H,13H2,1H3,(H,26,28). The molecule has 0 atom stereocenters. The zero-order valence-electron chi connectivity index (χ0n) is 16.3. The minimum atomic E-state index is -4.03. The maximum atomic E-state index is 12.7. The molecule has 0 unspecified atom stereocenters. The monoisotopic (exact) mass is 473 g/mol. The summed E-state index contributed by atoms with van der Waals surface area (Å²) >= 11 is 12.1. The van der Waals surface area contributed by atoms with Crippen LogP contribution in [0, 0.1) is 6.92 Å². The maximum Gasteiger partial charge on any atom is 0.265 e. The Kier molecular flexibility index (Phi) is 5.75. The Hall–Kier alpha value is -2.87. The first kappa shape index (κ1) is 21.4. The van der Waals surface area contributed by atoms with Crippen molar-refractivity contribution in [2.75, 3.05) is 0 Å². The van der Waals surface area contributed by atoms with E-state index < -0.39 is 15.9 Å². The molecule has 4 rings (SSSR count). The minimum absolute atomic E-state index is 0.0501. The summed E-state index contributed by atoms with van der Waals surface area (Å²) in [5.41, 5.74) is 2.51. The molecule has 9 heteroatoms. The predicted octanol–water partition coefficient (Wildman–Crippen LogP) is 4.82. The highest BCUT2D eigenvalue weighted by Gasteiger charge is 2.20. The van der Waals surface area contributed by atoms with Crippen LogP contribution in [0.2, 0.25) is 10.0 Å². The summed E-state index contributed by atoms with van der Waals surface area (Å²) in [5.74, 6) is 0.0151. The summed E-state index contributed by atoms with van der Waals surface area (Å²) in [6.07, 6.45) is 0. The Bertz CT molecular complexity index is 1400. The molecular formula is C22H17Cl2N3O3S. The van der Waals surface area contributed by atoms with Crippen LogP contribution in [-0.2, 0) is 16.6 Å². The number of amides is 1. The maximum absolute atomic E-state index is 12.7. The number of aromatic nitrogens is 2. The number of nitrogens with zero attached hydrogens (tertiary/aromatic N) is 2. The van der Waals surface area contributed by atoms with E-state index in [9.17, 15) is 13.2 Å². The molecule has 1 heterocycles. The highest BCUT2D eigenvalue weighted by atomic mass is 35.5. The summed E-state index contributed by atoms with van der Waals surface area (Å²) in [7, 11) is -4.03. The van der Waals surface area contributed by atoms with E-state index in [1.165, 1.54) is 24.3 Å². The van der Waals surface area contributed by atoms with Crippen LogP contribution >= 0.6 is 23.2 Å². The molecule has 1 amide bonds. The SMILES string of the molecule is Cc1nc2ccc(C(=O)NS(=O)(=O)c3ccc(Cl)cc3)cc2n1Cc1ccccc1Cl. The Morgan fingerprint density at radius 3 is 2.45 bits per heavy atom. The average molecular weight is 474 g/mol. The largest absolute Gasteiger partial charge is 0.324 e. The lowest BCUT2D eigenvalue weighted by Crippen LogP contribution is -2.30. The van der Waals surface area contributed by atoms with Crippen molar-refractivity contribution >= 4 is 50.2 Å². The van der Waals surface area contributed by atoms with Gasteiger partial charge in [0.2, 0.25) is 0 Å². The van der Waals surface area contributed by atoms with Crippen molar-refractivity contribution in [3.8, 4) is 0 Å². The summed E-state index contributed by atoms with van der Waals surface area (Å²) in [5, 5.41) is 1.03. The van der Waals surface area contributed by atoms with E-state index in [0.717, 1.165) is 11.4 Å². The number of sulfonamides is 1. The Morgan fingerprint density at radius 2 is 1.74 bits per heavy atom. The van der Waals surface area contributed by atoms with Crippen LogP contribution < -0.4 is 4.72 Å². The highest BCUT2D eigenvalue weighted by molar-refractivity contribution is 7.90.